The number of rotatable bonds is 7. The van der Waals surface area contributed by atoms with Crippen LogP contribution in [0.4, 0.5) is 4.79 Å². The monoisotopic (exact) mass is 403 g/mol. The number of furan rings is 1. The Morgan fingerprint density at radius 1 is 1.25 bits per heavy atom. The highest BCUT2D eigenvalue weighted by Crippen LogP contribution is 2.29. The third-order valence-electron chi connectivity index (χ3n) is 4.29. The second-order valence-electron chi connectivity index (χ2n) is 6.45. The molecule has 1 atom stereocenters. The van der Waals surface area contributed by atoms with Gasteiger partial charge in [-0.15, -0.1) is 0 Å². The van der Waals surface area contributed by atoms with Crippen LogP contribution in [0.5, 0.6) is 0 Å². The van der Waals surface area contributed by atoms with Crippen LogP contribution >= 0.6 is 11.6 Å². The Kier molecular flexibility index (Phi) is 6.38. The predicted octanol–water partition coefficient (Wildman–Crippen LogP) is 3.24. The number of likely N-dealkylation sites (N-methyl/N-ethyl adjacent to an activating group) is 1. The van der Waals surface area contributed by atoms with E-state index in [0.29, 0.717) is 29.4 Å². The van der Waals surface area contributed by atoms with Gasteiger partial charge in [-0.1, -0.05) is 23.7 Å². The summed E-state index contributed by atoms with van der Waals surface area (Å²) in [5.74, 6) is 0.312. The molecule has 2 N–H and O–H groups in total. The molecule has 1 aromatic carbocycles. The van der Waals surface area contributed by atoms with Gasteiger partial charge in [0, 0.05) is 17.3 Å². The van der Waals surface area contributed by atoms with Crippen LogP contribution in [0.2, 0.25) is 5.02 Å². The average molecular weight is 404 g/mol. The number of urea groups is 1. The van der Waals surface area contributed by atoms with Crippen LogP contribution in [0.3, 0.4) is 0 Å². The first-order valence-electron chi connectivity index (χ1n) is 8.92. The maximum atomic E-state index is 12.7. The van der Waals surface area contributed by atoms with E-state index in [1.807, 2.05) is 24.1 Å². The Bertz CT molecular complexity index is 862. The Morgan fingerprint density at radius 2 is 2.00 bits per heavy atom. The molecule has 1 aromatic heterocycles. The highest BCUT2D eigenvalue weighted by Gasteiger charge is 2.34. The molecule has 1 aliphatic heterocycles. The Morgan fingerprint density at radius 3 is 2.64 bits per heavy atom. The molecule has 7 nitrogen and oxygen atoms in total. The molecule has 28 heavy (non-hydrogen) atoms. The molecule has 0 fully saturated rings. The van der Waals surface area contributed by atoms with Crippen LogP contribution in [-0.2, 0) is 16.1 Å². The van der Waals surface area contributed by atoms with Crippen LogP contribution in [0.25, 0.3) is 0 Å². The molecule has 8 heteroatoms. The second-order valence-corrected chi connectivity index (χ2v) is 6.88. The van der Waals surface area contributed by atoms with Crippen LogP contribution in [0.1, 0.15) is 24.3 Å². The van der Waals surface area contributed by atoms with E-state index in [1.54, 1.807) is 37.5 Å². The molecule has 0 aliphatic carbocycles. The first-order valence-corrected chi connectivity index (χ1v) is 9.29. The fourth-order valence-corrected chi connectivity index (χ4v) is 3.22. The van der Waals surface area contributed by atoms with Gasteiger partial charge in [-0.3, -0.25) is 4.90 Å². The Balaban J connectivity index is 1.94. The zero-order valence-corrected chi connectivity index (χ0v) is 16.5. The first kappa shape index (κ1) is 20.0. The quantitative estimate of drug-likeness (QED) is 0.693. The van der Waals surface area contributed by atoms with E-state index in [9.17, 15) is 9.59 Å². The van der Waals surface area contributed by atoms with Crippen LogP contribution in [-0.4, -0.2) is 37.1 Å². The van der Waals surface area contributed by atoms with Crippen molar-refractivity contribution >= 4 is 23.6 Å². The van der Waals surface area contributed by atoms with Gasteiger partial charge in [0.15, 0.2) is 0 Å². The summed E-state index contributed by atoms with van der Waals surface area (Å²) in [4.78, 5) is 26.9. The van der Waals surface area contributed by atoms with Gasteiger partial charge < -0.3 is 19.8 Å². The minimum atomic E-state index is -0.628. The summed E-state index contributed by atoms with van der Waals surface area (Å²) in [6.07, 6.45) is 1.61. The minimum absolute atomic E-state index is 0.235. The van der Waals surface area contributed by atoms with Crippen molar-refractivity contribution in [2.24, 2.45) is 0 Å². The van der Waals surface area contributed by atoms with E-state index in [2.05, 4.69) is 10.6 Å². The van der Waals surface area contributed by atoms with Gasteiger partial charge in [0.25, 0.3) is 0 Å². The van der Waals surface area contributed by atoms with Gasteiger partial charge in [-0.2, -0.15) is 0 Å². The lowest BCUT2D eigenvalue weighted by atomic mass is 9.95. The molecule has 3 rings (SSSR count). The number of nitrogens with zero attached hydrogens (tertiary/aromatic N) is 1. The smallest absolute Gasteiger partial charge is 0.338 e. The number of carbonyl (C=O) groups excluding carboxylic acids is 2. The van der Waals surface area contributed by atoms with Gasteiger partial charge in [-0.05, 0) is 43.8 Å². The number of hydrogen-bond donors (Lipinski definition) is 2. The second kappa shape index (κ2) is 8.95. The van der Waals surface area contributed by atoms with Crippen molar-refractivity contribution in [2.45, 2.75) is 19.5 Å². The van der Waals surface area contributed by atoms with Gasteiger partial charge in [0.05, 0.1) is 31.0 Å². The third-order valence-corrected chi connectivity index (χ3v) is 4.54. The van der Waals surface area contributed by atoms with Crippen LogP contribution in [0, 0.1) is 0 Å². The first-order chi connectivity index (χ1) is 13.5. The molecule has 2 heterocycles. The molecule has 0 radical (unpaired) electrons. The van der Waals surface area contributed by atoms with Crippen LogP contribution in [0.15, 0.2) is 58.3 Å². The lowest BCUT2D eigenvalue weighted by molar-refractivity contribution is -0.139. The fourth-order valence-electron chi connectivity index (χ4n) is 3.09. The van der Waals surface area contributed by atoms with Gasteiger partial charge in [-0.25, -0.2) is 9.59 Å². The van der Waals surface area contributed by atoms with E-state index < -0.39 is 12.0 Å². The number of esters is 1. The van der Waals surface area contributed by atoms with Crippen molar-refractivity contribution in [3.8, 4) is 0 Å². The summed E-state index contributed by atoms with van der Waals surface area (Å²) in [6, 6.07) is 9.67. The van der Waals surface area contributed by atoms with Gasteiger partial charge >= 0.3 is 12.0 Å². The summed E-state index contributed by atoms with van der Waals surface area (Å²) in [5.41, 5.74) is 1.61. The van der Waals surface area contributed by atoms with E-state index in [-0.39, 0.29) is 12.6 Å². The lowest BCUT2D eigenvalue weighted by Crippen LogP contribution is -2.48. The highest BCUT2D eigenvalue weighted by atomic mass is 35.5. The molecule has 2 amide bonds. The number of amides is 2. The van der Waals surface area contributed by atoms with Crippen molar-refractivity contribution in [3.05, 3.63) is 70.3 Å². The standard InChI is InChI=1S/C20H22ClN3O4/c1-3-27-19(25)17-16(12-24(2)11-15-5-4-10-28-15)22-20(26)23-18(17)13-6-8-14(21)9-7-13/h4-10,18H,3,11-12H2,1-2H3,(H2,22,23,26). The molecule has 0 spiro atoms. The molecule has 1 unspecified atom stereocenters. The molecule has 148 valence electrons. The largest absolute Gasteiger partial charge is 0.468 e. The van der Waals surface area contributed by atoms with Crippen molar-refractivity contribution in [2.75, 3.05) is 20.2 Å². The van der Waals surface area contributed by atoms with Crippen molar-refractivity contribution in [1.29, 1.82) is 0 Å². The minimum Gasteiger partial charge on any atom is -0.468 e. The van der Waals surface area contributed by atoms with Gasteiger partial charge in [0.1, 0.15) is 5.76 Å². The molecule has 0 bridgehead atoms. The number of benzene rings is 1. The fraction of sp³-hybridized carbons (Fsp3) is 0.300. The number of nitrogens with one attached hydrogen (secondary N) is 2. The summed E-state index contributed by atoms with van der Waals surface area (Å²) in [6.45, 7) is 2.85. The predicted molar refractivity (Wildman–Crippen MR) is 105 cm³/mol. The lowest BCUT2D eigenvalue weighted by Gasteiger charge is -2.31. The van der Waals surface area contributed by atoms with E-state index >= 15 is 0 Å². The molecule has 0 saturated heterocycles. The van der Waals surface area contributed by atoms with E-state index in [1.165, 1.54) is 0 Å². The number of hydrogen-bond acceptors (Lipinski definition) is 5. The Labute approximate surface area is 168 Å². The number of halogens is 1. The molecule has 0 saturated carbocycles. The van der Waals surface area contributed by atoms with Gasteiger partial charge in [0.2, 0.25) is 0 Å². The molecule has 1 aliphatic rings. The topological polar surface area (TPSA) is 83.8 Å². The van der Waals surface area contributed by atoms with Crippen LogP contribution < -0.4 is 10.6 Å². The van der Waals surface area contributed by atoms with Crippen molar-refractivity contribution < 1.29 is 18.7 Å². The summed E-state index contributed by atoms with van der Waals surface area (Å²) >= 11 is 5.97. The highest BCUT2D eigenvalue weighted by molar-refractivity contribution is 6.30. The SMILES string of the molecule is CCOC(=O)C1=C(CN(C)Cc2ccco2)NC(=O)NC1c1ccc(Cl)cc1. The van der Waals surface area contributed by atoms with Crippen molar-refractivity contribution in [3.63, 3.8) is 0 Å². The zero-order chi connectivity index (χ0) is 20.1. The normalized spacial score (nSPS) is 16.7. The third kappa shape index (κ3) is 4.74. The summed E-state index contributed by atoms with van der Waals surface area (Å²) in [7, 11) is 1.88. The molecular weight excluding hydrogens is 382 g/mol. The molecular formula is C20H22ClN3O4. The molecule has 2 aromatic rings. The average Bonchev–Trinajstić information content (AvgIpc) is 3.14. The van der Waals surface area contributed by atoms with Crippen molar-refractivity contribution in [1.82, 2.24) is 15.5 Å². The summed E-state index contributed by atoms with van der Waals surface area (Å²) < 4.78 is 10.6. The maximum Gasteiger partial charge on any atom is 0.338 e. The van der Waals surface area contributed by atoms with E-state index in [4.69, 9.17) is 20.8 Å². The number of carbonyl (C=O) groups is 2. The summed E-state index contributed by atoms with van der Waals surface area (Å²) in [5, 5.41) is 6.13. The Hall–Kier alpha value is -2.77. The maximum absolute atomic E-state index is 12.7. The zero-order valence-electron chi connectivity index (χ0n) is 15.7. The number of ether oxygens (including phenoxy) is 1. The van der Waals surface area contributed by atoms with E-state index in [0.717, 1.165) is 11.3 Å².